The number of benzene rings is 2. The highest BCUT2D eigenvalue weighted by molar-refractivity contribution is 7.89. The van der Waals surface area contributed by atoms with E-state index in [1.165, 1.54) is 18.2 Å². The van der Waals surface area contributed by atoms with E-state index in [2.05, 4.69) is 25.6 Å². The van der Waals surface area contributed by atoms with Crippen LogP contribution >= 0.6 is 0 Å². The van der Waals surface area contributed by atoms with Crippen molar-refractivity contribution in [1.29, 1.82) is 0 Å². The Hall–Kier alpha value is -4.29. The summed E-state index contributed by atoms with van der Waals surface area (Å²) in [5.41, 5.74) is 3.03. The lowest BCUT2D eigenvalue weighted by atomic mass is 10.0. The molecule has 0 atom stereocenters. The molecule has 12 heteroatoms. The molecule has 2 aromatic carbocycles. The first-order valence-corrected chi connectivity index (χ1v) is 13.3. The molecule has 2 heterocycles. The fourth-order valence-electron chi connectivity index (χ4n) is 3.81. The molecule has 0 aliphatic heterocycles. The van der Waals surface area contributed by atoms with Gasteiger partial charge in [-0.25, -0.2) is 22.9 Å². The smallest absolute Gasteiger partial charge is 0.238 e. The van der Waals surface area contributed by atoms with Crippen LogP contribution in [0.4, 0.5) is 27.5 Å². The zero-order chi connectivity index (χ0) is 27.3. The van der Waals surface area contributed by atoms with Gasteiger partial charge in [-0.15, -0.1) is 0 Å². The van der Waals surface area contributed by atoms with E-state index in [9.17, 15) is 12.8 Å². The normalized spacial score (nSPS) is 11.2. The summed E-state index contributed by atoms with van der Waals surface area (Å²) in [5.74, 6) is 0.233. The second kappa shape index (κ2) is 11.4. The number of rotatable bonds is 10. The second-order valence-corrected chi connectivity index (χ2v) is 9.61. The van der Waals surface area contributed by atoms with Crippen LogP contribution in [0.5, 0.6) is 11.5 Å². The Balaban J connectivity index is 1.74. The van der Waals surface area contributed by atoms with Gasteiger partial charge in [-0.1, -0.05) is 12.1 Å². The van der Waals surface area contributed by atoms with Crippen LogP contribution in [0.3, 0.4) is 0 Å². The van der Waals surface area contributed by atoms with Crippen molar-refractivity contribution in [2.75, 3.05) is 23.8 Å². The molecule has 0 amide bonds. The number of hydrogen-bond donors (Lipinski definition) is 3. The summed E-state index contributed by atoms with van der Waals surface area (Å²) >= 11 is 0. The number of ether oxygens (including phenoxy) is 2. The minimum absolute atomic E-state index is 0.0327. The third-order valence-corrected chi connectivity index (χ3v) is 6.32. The Morgan fingerprint density at radius 1 is 1.00 bits per heavy atom. The number of hydrogen-bond acceptors (Lipinski definition) is 9. The number of halogens is 1. The Labute approximate surface area is 220 Å². The van der Waals surface area contributed by atoms with Crippen LogP contribution in [-0.2, 0) is 10.0 Å². The van der Waals surface area contributed by atoms with E-state index < -0.39 is 15.8 Å². The molecule has 4 rings (SSSR count). The van der Waals surface area contributed by atoms with Crippen molar-refractivity contribution in [3.8, 4) is 22.8 Å². The van der Waals surface area contributed by atoms with Gasteiger partial charge in [0, 0.05) is 29.1 Å². The summed E-state index contributed by atoms with van der Waals surface area (Å²) < 4.78 is 50.1. The van der Waals surface area contributed by atoms with Crippen molar-refractivity contribution >= 4 is 33.2 Å². The quantitative estimate of drug-likeness (QED) is 0.256. The average molecular weight is 539 g/mol. The first-order chi connectivity index (χ1) is 18.2. The zero-order valence-electron chi connectivity index (χ0n) is 21.0. The monoisotopic (exact) mass is 538 g/mol. The van der Waals surface area contributed by atoms with Crippen molar-refractivity contribution in [3.63, 3.8) is 0 Å². The van der Waals surface area contributed by atoms with Gasteiger partial charge in [0.1, 0.15) is 11.5 Å². The lowest BCUT2D eigenvalue weighted by Gasteiger charge is -2.21. The third kappa shape index (κ3) is 5.98. The largest absolute Gasteiger partial charge is 0.493 e. The summed E-state index contributed by atoms with van der Waals surface area (Å²) in [4.78, 5) is 12.6. The molecule has 0 saturated carbocycles. The van der Waals surface area contributed by atoms with Crippen LogP contribution in [0.15, 0.2) is 65.8 Å². The number of pyridine rings is 1. The van der Waals surface area contributed by atoms with E-state index in [1.54, 1.807) is 18.3 Å². The number of sulfonamides is 1. The van der Waals surface area contributed by atoms with E-state index in [0.29, 0.717) is 41.8 Å². The number of anilines is 4. The van der Waals surface area contributed by atoms with Gasteiger partial charge in [0.15, 0.2) is 11.6 Å². The molecule has 0 bridgehead atoms. The fraction of sp³-hybridized carbons (Fsp3) is 0.192. The summed E-state index contributed by atoms with van der Waals surface area (Å²) in [5, 5.41) is 11.1. The number of primary sulfonamides is 1. The maximum absolute atomic E-state index is 14.8. The minimum atomic E-state index is -3.90. The Morgan fingerprint density at radius 3 is 2.47 bits per heavy atom. The predicted octanol–water partition coefficient (Wildman–Crippen LogP) is 4.92. The van der Waals surface area contributed by atoms with E-state index in [4.69, 9.17) is 14.6 Å². The van der Waals surface area contributed by atoms with Crippen LogP contribution < -0.4 is 25.2 Å². The van der Waals surface area contributed by atoms with Crippen molar-refractivity contribution in [2.24, 2.45) is 5.14 Å². The molecule has 0 spiro atoms. The Kier molecular flexibility index (Phi) is 8.03. The van der Waals surface area contributed by atoms with Gasteiger partial charge in [-0.05, 0) is 51.1 Å². The molecule has 0 unspecified atom stereocenters. The van der Waals surface area contributed by atoms with Crippen LogP contribution in [0, 0.1) is 12.7 Å². The standard InChI is InChI=1S/C26H27FN6O4S/c1-4-36-22-14-21(24(37-5-2)16(3)23(22)20-11-6-7-12-29-20)32-25-19(27)15-30-26(33-25)31-17-9-8-10-18(13-17)38(28,34)35/h6-15H,4-5H2,1-3H3,(H2,28,34,35)(H2,30,31,32,33). The van der Waals surface area contributed by atoms with E-state index in [-0.39, 0.29) is 16.7 Å². The van der Waals surface area contributed by atoms with Gasteiger partial charge in [0.2, 0.25) is 16.0 Å². The van der Waals surface area contributed by atoms with Crippen molar-refractivity contribution in [3.05, 3.63) is 72.3 Å². The maximum Gasteiger partial charge on any atom is 0.238 e. The van der Waals surface area contributed by atoms with Gasteiger partial charge < -0.3 is 20.1 Å². The molecule has 4 aromatic rings. The van der Waals surface area contributed by atoms with Gasteiger partial charge in [0.05, 0.1) is 35.7 Å². The van der Waals surface area contributed by atoms with E-state index >= 15 is 0 Å². The Morgan fingerprint density at radius 2 is 1.79 bits per heavy atom. The predicted molar refractivity (Wildman–Crippen MR) is 143 cm³/mol. The molecule has 0 radical (unpaired) electrons. The van der Waals surface area contributed by atoms with E-state index in [0.717, 1.165) is 17.3 Å². The van der Waals surface area contributed by atoms with Gasteiger partial charge in [-0.3, -0.25) is 4.98 Å². The second-order valence-electron chi connectivity index (χ2n) is 8.05. The molecular weight excluding hydrogens is 511 g/mol. The number of nitrogens with two attached hydrogens (primary N) is 1. The number of aromatic nitrogens is 3. The summed E-state index contributed by atoms with van der Waals surface area (Å²) in [6.45, 7) is 6.37. The zero-order valence-corrected chi connectivity index (χ0v) is 21.8. The highest BCUT2D eigenvalue weighted by Crippen LogP contribution is 2.44. The molecule has 0 aliphatic carbocycles. The molecule has 38 heavy (non-hydrogen) atoms. The minimum Gasteiger partial charge on any atom is -0.493 e. The van der Waals surface area contributed by atoms with Gasteiger partial charge in [-0.2, -0.15) is 4.98 Å². The Bertz CT molecular complexity index is 1550. The number of nitrogens with one attached hydrogen (secondary N) is 2. The molecule has 0 fully saturated rings. The fourth-order valence-corrected chi connectivity index (χ4v) is 4.37. The first kappa shape index (κ1) is 26.8. The van der Waals surface area contributed by atoms with Crippen LogP contribution in [0.1, 0.15) is 19.4 Å². The molecule has 2 aromatic heterocycles. The highest BCUT2D eigenvalue weighted by atomic mass is 32.2. The topological polar surface area (TPSA) is 141 Å². The molecule has 198 valence electrons. The van der Waals surface area contributed by atoms with Crippen LogP contribution in [0.2, 0.25) is 0 Å². The molecule has 10 nitrogen and oxygen atoms in total. The van der Waals surface area contributed by atoms with Crippen molar-refractivity contribution in [2.45, 2.75) is 25.7 Å². The lowest BCUT2D eigenvalue weighted by Crippen LogP contribution is -2.12. The molecular formula is C26H27FN6O4S. The highest BCUT2D eigenvalue weighted by Gasteiger charge is 2.21. The van der Waals surface area contributed by atoms with Crippen LogP contribution in [0.25, 0.3) is 11.3 Å². The molecule has 0 aliphatic rings. The van der Waals surface area contributed by atoms with Crippen molar-refractivity contribution in [1.82, 2.24) is 15.0 Å². The van der Waals surface area contributed by atoms with Crippen LogP contribution in [-0.4, -0.2) is 36.6 Å². The summed E-state index contributed by atoms with van der Waals surface area (Å²) in [7, 11) is -3.90. The molecule has 4 N–H and O–H groups in total. The van der Waals surface area contributed by atoms with Gasteiger partial charge >= 0.3 is 0 Å². The van der Waals surface area contributed by atoms with Crippen molar-refractivity contribution < 1.29 is 22.3 Å². The lowest BCUT2D eigenvalue weighted by molar-refractivity contribution is 0.331. The maximum atomic E-state index is 14.8. The average Bonchev–Trinajstić information content (AvgIpc) is 2.89. The van der Waals surface area contributed by atoms with Gasteiger partial charge in [0.25, 0.3) is 0 Å². The summed E-state index contributed by atoms with van der Waals surface area (Å²) in [6.07, 6.45) is 2.70. The third-order valence-electron chi connectivity index (χ3n) is 5.41. The molecule has 0 saturated heterocycles. The van der Waals surface area contributed by atoms with E-state index in [1.807, 2.05) is 39.0 Å². The SMILES string of the molecule is CCOc1cc(Nc2nc(Nc3cccc(S(N)(=O)=O)c3)ncc2F)c(OCC)c(C)c1-c1ccccn1. The summed E-state index contributed by atoms with van der Waals surface area (Å²) in [6, 6.07) is 13.1. The first-order valence-electron chi connectivity index (χ1n) is 11.7. The number of nitrogens with zero attached hydrogens (tertiary/aromatic N) is 3.